The third-order valence-corrected chi connectivity index (χ3v) is 6.97. The van der Waals surface area contributed by atoms with Crippen LogP contribution in [0, 0.1) is 0 Å². The molecule has 3 rings (SSSR count). The van der Waals surface area contributed by atoms with Crippen LogP contribution in [0.15, 0.2) is 66.9 Å². The average Bonchev–Trinajstić information content (AvgIpc) is 2.90. The number of alkyl carbamates (subject to hydrolysis) is 1. The van der Waals surface area contributed by atoms with Gasteiger partial charge in [-0.15, -0.1) is 0 Å². The number of ether oxygens (including phenoxy) is 1. The van der Waals surface area contributed by atoms with Crippen molar-refractivity contribution in [2.75, 3.05) is 13.1 Å². The minimum atomic E-state index is -1.14. The second kappa shape index (κ2) is 14.6. The molecular weight excluding hydrogens is 548 g/mol. The zero-order valence-electron chi connectivity index (χ0n) is 25.9. The number of nitrogens with zero attached hydrogens (tertiary/aromatic N) is 2. The molecule has 5 N–H and O–H groups in total. The van der Waals surface area contributed by atoms with Gasteiger partial charge in [0, 0.05) is 30.2 Å². The van der Waals surface area contributed by atoms with Gasteiger partial charge in [-0.25, -0.2) is 9.59 Å². The molecule has 2 amide bonds. The maximum atomic E-state index is 12.6. The van der Waals surface area contributed by atoms with E-state index in [1.807, 2.05) is 60.7 Å². The fourth-order valence-electron chi connectivity index (χ4n) is 5.06. The zero-order valence-corrected chi connectivity index (χ0v) is 25.9. The summed E-state index contributed by atoms with van der Waals surface area (Å²) >= 11 is 0. The Kier molecular flexibility index (Phi) is 11.5. The highest BCUT2D eigenvalue weighted by Crippen LogP contribution is 2.24. The summed E-state index contributed by atoms with van der Waals surface area (Å²) < 4.78 is 5.41. The van der Waals surface area contributed by atoms with E-state index in [0.29, 0.717) is 6.42 Å². The fourth-order valence-corrected chi connectivity index (χ4v) is 5.06. The minimum Gasteiger partial charge on any atom is -0.465 e. The van der Waals surface area contributed by atoms with Gasteiger partial charge in [0.2, 0.25) is 0 Å². The zero-order chi connectivity index (χ0) is 31.8. The summed E-state index contributed by atoms with van der Waals surface area (Å²) in [5.74, 6) is 0. The molecule has 0 saturated carbocycles. The number of carboxylic acid groups (broad SMARTS) is 1. The molecule has 0 saturated heterocycles. The first kappa shape index (κ1) is 33.8. The van der Waals surface area contributed by atoms with Crippen LogP contribution in [0.4, 0.5) is 9.59 Å². The van der Waals surface area contributed by atoms with Crippen LogP contribution < -0.4 is 10.6 Å². The summed E-state index contributed by atoms with van der Waals surface area (Å²) in [4.78, 5) is 30.8. The molecule has 10 heteroatoms. The lowest BCUT2D eigenvalue weighted by Gasteiger charge is -2.42. The van der Waals surface area contributed by atoms with Gasteiger partial charge < -0.3 is 30.7 Å². The summed E-state index contributed by atoms with van der Waals surface area (Å²) in [6, 6.07) is 17.6. The van der Waals surface area contributed by atoms with Gasteiger partial charge in [0.05, 0.1) is 29.8 Å². The molecule has 0 radical (unpaired) electrons. The number of pyridine rings is 1. The number of nitrogens with one attached hydrogen (secondary N) is 2. The Balaban J connectivity index is 1.74. The van der Waals surface area contributed by atoms with Gasteiger partial charge in [-0.3, -0.25) is 9.88 Å². The van der Waals surface area contributed by atoms with E-state index in [2.05, 4.69) is 15.6 Å². The molecule has 43 heavy (non-hydrogen) atoms. The van der Waals surface area contributed by atoms with E-state index < -0.39 is 47.6 Å². The van der Waals surface area contributed by atoms with Crippen LogP contribution in [-0.4, -0.2) is 85.9 Å². The van der Waals surface area contributed by atoms with Crippen molar-refractivity contribution in [3.05, 3.63) is 78.0 Å². The van der Waals surface area contributed by atoms with E-state index in [0.717, 1.165) is 22.0 Å². The molecule has 0 fully saturated rings. The van der Waals surface area contributed by atoms with Crippen LogP contribution in [-0.2, 0) is 17.6 Å². The minimum absolute atomic E-state index is 0.00703. The van der Waals surface area contributed by atoms with E-state index in [1.165, 1.54) is 4.90 Å². The van der Waals surface area contributed by atoms with E-state index >= 15 is 0 Å². The molecule has 0 aliphatic heterocycles. The topological polar surface area (TPSA) is 144 Å². The Morgan fingerprint density at radius 2 is 1.51 bits per heavy atom. The highest BCUT2D eigenvalue weighted by molar-refractivity contribution is 5.78. The second-order valence-corrected chi connectivity index (χ2v) is 12.9. The van der Waals surface area contributed by atoms with Gasteiger partial charge in [-0.05, 0) is 77.6 Å². The SMILES string of the molecule is CC(C)(C)OC(=O)N[C@@H](Cc1ccccc1)[C@H](O)CNC[C@H](O)[C@H](Cc1cnc2ccccc2c1)N(C(=O)O)C(C)(C)C. The molecule has 0 unspecified atom stereocenters. The molecule has 3 aromatic rings. The number of carbonyl (C=O) groups is 2. The number of para-hydroxylation sites is 1. The average molecular weight is 595 g/mol. The summed E-state index contributed by atoms with van der Waals surface area (Å²) in [7, 11) is 0. The van der Waals surface area contributed by atoms with Gasteiger partial charge in [-0.2, -0.15) is 0 Å². The normalized spacial score (nSPS) is 14.9. The number of aliphatic hydroxyl groups is 2. The lowest BCUT2D eigenvalue weighted by molar-refractivity contribution is 0.00614. The Hall–Kier alpha value is -3.73. The fraction of sp³-hybridized carbons (Fsp3) is 0.485. The Labute approximate surface area is 254 Å². The van der Waals surface area contributed by atoms with Crippen molar-refractivity contribution in [1.29, 1.82) is 0 Å². The largest absolute Gasteiger partial charge is 0.465 e. The standard InChI is InChI=1S/C33H46N4O6/c1-32(2,3)37(31(41)42)27(18-23-16-24-14-10-11-15-25(24)35-19-23)29(39)21-34-20-28(38)26(17-22-12-8-7-9-13-22)36-30(40)43-33(4,5)6/h7-16,19,26-29,34,38-39H,17-18,20-21H2,1-6H3,(H,36,40)(H,41,42)/t26-,27-,28+,29-/m0/s1. The molecule has 234 valence electrons. The molecule has 0 bridgehead atoms. The Morgan fingerprint density at radius 1 is 0.884 bits per heavy atom. The molecular formula is C33H46N4O6. The highest BCUT2D eigenvalue weighted by Gasteiger charge is 2.37. The third-order valence-electron chi connectivity index (χ3n) is 6.97. The summed E-state index contributed by atoms with van der Waals surface area (Å²) in [5, 5.41) is 39.4. The summed E-state index contributed by atoms with van der Waals surface area (Å²) in [6.07, 6.45) is -1.61. The first-order valence-electron chi connectivity index (χ1n) is 14.6. The predicted octanol–water partition coefficient (Wildman–Crippen LogP) is 4.37. The number of benzene rings is 2. The molecule has 4 atom stereocenters. The van der Waals surface area contributed by atoms with Gasteiger partial charge in [0.1, 0.15) is 5.60 Å². The Bertz CT molecular complexity index is 1340. The molecule has 1 aromatic heterocycles. The van der Waals surface area contributed by atoms with Gasteiger partial charge >= 0.3 is 12.2 Å². The van der Waals surface area contributed by atoms with E-state index in [9.17, 15) is 24.9 Å². The van der Waals surface area contributed by atoms with E-state index in [-0.39, 0.29) is 19.5 Å². The smallest absolute Gasteiger partial charge is 0.408 e. The van der Waals surface area contributed by atoms with Crippen LogP contribution in [0.5, 0.6) is 0 Å². The van der Waals surface area contributed by atoms with Gasteiger partial charge in [-0.1, -0.05) is 48.5 Å². The second-order valence-electron chi connectivity index (χ2n) is 12.9. The number of amides is 2. The number of hydrogen-bond donors (Lipinski definition) is 5. The third kappa shape index (κ3) is 10.5. The van der Waals surface area contributed by atoms with Crippen molar-refractivity contribution in [2.24, 2.45) is 0 Å². The number of rotatable bonds is 12. The van der Waals surface area contributed by atoms with Crippen LogP contribution in [0.2, 0.25) is 0 Å². The van der Waals surface area contributed by atoms with Crippen LogP contribution in [0.1, 0.15) is 52.7 Å². The van der Waals surface area contributed by atoms with Crippen LogP contribution in [0.25, 0.3) is 10.9 Å². The number of carbonyl (C=O) groups excluding carboxylic acids is 1. The molecule has 0 aliphatic carbocycles. The maximum Gasteiger partial charge on any atom is 0.408 e. The lowest BCUT2D eigenvalue weighted by Crippen LogP contribution is -2.58. The van der Waals surface area contributed by atoms with Crippen molar-refractivity contribution >= 4 is 23.1 Å². The molecule has 10 nitrogen and oxygen atoms in total. The Morgan fingerprint density at radius 3 is 2.14 bits per heavy atom. The number of hydrogen-bond acceptors (Lipinski definition) is 7. The molecule has 2 aromatic carbocycles. The van der Waals surface area contributed by atoms with Crippen LogP contribution in [0.3, 0.4) is 0 Å². The summed E-state index contributed by atoms with van der Waals surface area (Å²) in [6.45, 7) is 10.7. The monoisotopic (exact) mass is 594 g/mol. The van der Waals surface area contributed by atoms with E-state index in [4.69, 9.17) is 4.74 Å². The first-order chi connectivity index (χ1) is 20.1. The summed E-state index contributed by atoms with van der Waals surface area (Å²) in [5.41, 5.74) is 1.05. The molecule has 0 spiro atoms. The van der Waals surface area contributed by atoms with E-state index in [1.54, 1.807) is 47.7 Å². The number of aromatic nitrogens is 1. The van der Waals surface area contributed by atoms with Crippen molar-refractivity contribution in [1.82, 2.24) is 20.5 Å². The molecule has 1 heterocycles. The lowest BCUT2D eigenvalue weighted by atomic mass is 9.94. The van der Waals surface area contributed by atoms with Gasteiger partial charge in [0.15, 0.2) is 0 Å². The van der Waals surface area contributed by atoms with Crippen molar-refractivity contribution < 1.29 is 29.6 Å². The van der Waals surface area contributed by atoms with Crippen molar-refractivity contribution in [3.8, 4) is 0 Å². The van der Waals surface area contributed by atoms with Crippen LogP contribution >= 0.6 is 0 Å². The highest BCUT2D eigenvalue weighted by atomic mass is 16.6. The molecule has 0 aliphatic rings. The van der Waals surface area contributed by atoms with Crippen molar-refractivity contribution in [2.45, 2.75) is 89.8 Å². The number of fused-ring (bicyclic) bond motifs is 1. The van der Waals surface area contributed by atoms with Crippen molar-refractivity contribution in [3.63, 3.8) is 0 Å². The van der Waals surface area contributed by atoms with Gasteiger partial charge in [0.25, 0.3) is 0 Å². The maximum absolute atomic E-state index is 12.6. The number of aliphatic hydroxyl groups excluding tert-OH is 2. The quantitative estimate of drug-likeness (QED) is 0.208. The predicted molar refractivity (Wildman–Crippen MR) is 167 cm³/mol. The first-order valence-corrected chi connectivity index (χ1v) is 14.6.